The molecular formula is C21H27N3O3. The number of likely N-dealkylation sites (tertiary alicyclic amines) is 1. The van der Waals surface area contributed by atoms with Gasteiger partial charge in [0.1, 0.15) is 5.75 Å². The smallest absolute Gasteiger partial charge is 0.216 e. The number of ether oxygens (including phenoxy) is 2. The van der Waals surface area contributed by atoms with E-state index in [-0.39, 0.29) is 0 Å². The third-order valence-corrected chi connectivity index (χ3v) is 6.26. The molecule has 144 valence electrons. The highest BCUT2D eigenvalue weighted by molar-refractivity contribution is 5.38. The van der Waals surface area contributed by atoms with Gasteiger partial charge in [-0.2, -0.15) is 0 Å². The van der Waals surface area contributed by atoms with Crippen molar-refractivity contribution >= 4 is 0 Å². The molecule has 3 heterocycles. The van der Waals surface area contributed by atoms with Crippen molar-refractivity contribution in [3.63, 3.8) is 0 Å². The van der Waals surface area contributed by atoms with E-state index in [9.17, 15) is 0 Å². The van der Waals surface area contributed by atoms with Gasteiger partial charge in [-0.1, -0.05) is 12.5 Å². The first kappa shape index (κ1) is 17.2. The molecule has 1 aromatic heterocycles. The summed E-state index contributed by atoms with van der Waals surface area (Å²) >= 11 is 0. The minimum Gasteiger partial charge on any atom is -0.462 e. The second-order valence-electron chi connectivity index (χ2n) is 8.08. The highest BCUT2D eigenvalue weighted by Crippen LogP contribution is 2.39. The number of benzene rings is 1. The van der Waals surface area contributed by atoms with Gasteiger partial charge in [0, 0.05) is 50.9 Å². The topological polar surface area (TPSA) is 60.6 Å². The van der Waals surface area contributed by atoms with E-state index < -0.39 is 5.79 Å². The Hall–Kier alpha value is -1.92. The van der Waals surface area contributed by atoms with E-state index in [1.165, 1.54) is 24.8 Å². The molecule has 0 radical (unpaired) electrons. The summed E-state index contributed by atoms with van der Waals surface area (Å²) in [5.41, 5.74) is 2.38. The summed E-state index contributed by atoms with van der Waals surface area (Å²) in [7, 11) is 0. The largest absolute Gasteiger partial charge is 0.462 e. The summed E-state index contributed by atoms with van der Waals surface area (Å²) in [5.74, 6) is 1.87. The van der Waals surface area contributed by atoms with Crippen molar-refractivity contribution in [2.45, 2.75) is 70.3 Å². The van der Waals surface area contributed by atoms with E-state index in [4.69, 9.17) is 13.9 Å². The fourth-order valence-electron chi connectivity index (χ4n) is 4.36. The molecule has 6 heteroatoms. The molecule has 2 fully saturated rings. The predicted molar refractivity (Wildman–Crippen MR) is 99.5 cm³/mol. The van der Waals surface area contributed by atoms with Crippen molar-refractivity contribution in [2.24, 2.45) is 0 Å². The van der Waals surface area contributed by atoms with Crippen LogP contribution in [0.15, 0.2) is 22.6 Å². The predicted octanol–water partition coefficient (Wildman–Crippen LogP) is 3.42. The van der Waals surface area contributed by atoms with Crippen LogP contribution in [0.5, 0.6) is 5.75 Å². The average Bonchev–Trinajstić information content (AvgIpc) is 3.06. The molecule has 0 atom stereocenters. The van der Waals surface area contributed by atoms with Gasteiger partial charge in [0.05, 0.1) is 6.61 Å². The van der Waals surface area contributed by atoms with Gasteiger partial charge < -0.3 is 13.9 Å². The van der Waals surface area contributed by atoms with Gasteiger partial charge in [-0.15, -0.1) is 10.2 Å². The number of hydrogen-bond acceptors (Lipinski definition) is 6. The summed E-state index contributed by atoms with van der Waals surface area (Å²) in [5, 5.41) is 7.95. The lowest BCUT2D eigenvalue weighted by Gasteiger charge is -2.47. The van der Waals surface area contributed by atoms with Crippen LogP contribution in [0.1, 0.15) is 55.0 Å². The van der Waals surface area contributed by atoms with Crippen molar-refractivity contribution < 1.29 is 13.9 Å². The lowest BCUT2D eigenvalue weighted by atomic mass is 9.89. The maximum atomic E-state index is 6.37. The van der Waals surface area contributed by atoms with Crippen LogP contribution in [-0.2, 0) is 24.2 Å². The first-order valence-corrected chi connectivity index (χ1v) is 10.2. The van der Waals surface area contributed by atoms with Gasteiger partial charge in [-0.25, -0.2) is 0 Å². The minimum absolute atomic E-state index is 0.421. The Morgan fingerprint density at radius 1 is 1.15 bits per heavy atom. The summed E-state index contributed by atoms with van der Waals surface area (Å²) in [6.07, 6.45) is 7.66. The molecule has 5 rings (SSSR count). The molecule has 27 heavy (non-hydrogen) atoms. The monoisotopic (exact) mass is 369 g/mol. The van der Waals surface area contributed by atoms with Gasteiger partial charge in [0.2, 0.25) is 17.6 Å². The molecule has 0 N–H and O–H groups in total. The van der Waals surface area contributed by atoms with Crippen molar-refractivity contribution in [1.29, 1.82) is 0 Å². The summed E-state index contributed by atoms with van der Waals surface area (Å²) in [4.78, 5) is 2.62. The van der Waals surface area contributed by atoms with Gasteiger partial charge in [0.25, 0.3) is 0 Å². The molecule has 1 aromatic carbocycles. The molecule has 1 spiro atoms. The molecule has 1 aliphatic carbocycles. The van der Waals surface area contributed by atoms with Gasteiger partial charge in [-0.05, 0) is 37.0 Å². The number of rotatable bonds is 4. The van der Waals surface area contributed by atoms with Crippen LogP contribution in [0.25, 0.3) is 0 Å². The van der Waals surface area contributed by atoms with Gasteiger partial charge in [-0.3, -0.25) is 4.90 Å². The van der Waals surface area contributed by atoms with E-state index in [0.717, 1.165) is 56.1 Å². The quantitative estimate of drug-likeness (QED) is 0.823. The fourth-order valence-corrected chi connectivity index (χ4v) is 4.36. The van der Waals surface area contributed by atoms with E-state index >= 15 is 0 Å². The molecule has 0 bridgehead atoms. The maximum absolute atomic E-state index is 6.37. The van der Waals surface area contributed by atoms with E-state index in [0.29, 0.717) is 18.4 Å². The Morgan fingerprint density at radius 3 is 2.70 bits per heavy atom. The van der Waals surface area contributed by atoms with Crippen LogP contribution < -0.4 is 4.74 Å². The third-order valence-electron chi connectivity index (χ3n) is 6.26. The average molecular weight is 369 g/mol. The van der Waals surface area contributed by atoms with Crippen LogP contribution in [0.4, 0.5) is 0 Å². The zero-order chi connectivity index (χ0) is 18.3. The summed E-state index contributed by atoms with van der Waals surface area (Å²) in [6.45, 7) is 4.62. The van der Waals surface area contributed by atoms with E-state index in [1.807, 2.05) is 6.92 Å². The Bertz CT molecular complexity index is 807. The van der Waals surface area contributed by atoms with Crippen molar-refractivity contribution in [1.82, 2.24) is 15.1 Å². The van der Waals surface area contributed by atoms with Crippen LogP contribution in [0.2, 0.25) is 0 Å². The number of piperidine rings is 1. The van der Waals surface area contributed by atoms with Gasteiger partial charge in [0.15, 0.2) is 0 Å². The number of aromatic nitrogens is 2. The SMILES string of the molecule is Cc1nnc(CCc2ccc3c(c2)COC2(CCN(C4CCC4)CC2)O3)o1. The normalized spacial score (nSPS) is 22.3. The molecule has 1 saturated heterocycles. The zero-order valence-electron chi connectivity index (χ0n) is 15.9. The Morgan fingerprint density at radius 2 is 2.00 bits per heavy atom. The molecule has 6 nitrogen and oxygen atoms in total. The number of fused-ring (bicyclic) bond motifs is 1. The Labute approximate surface area is 159 Å². The number of nitrogens with zero attached hydrogens (tertiary/aromatic N) is 3. The highest BCUT2D eigenvalue weighted by Gasteiger charge is 2.42. The van der Waals surface area contributed by atoms with Crippen LogP contribution >= 0.6 is 0 Å². The third kappa shape index (κ3) is 3.48. The minimum atomic E-state index is -0.421. The lowest BCUT2D eigenvalue weighted by molar-refractivity contribution is -0.231. The molecule has 2 aliphatic heterocycles. The molecule has 0 amide bonds. The second kappa shape index (κ2) is 6.91. The lowest BCUT2D eigenvalue weighted by Crippen LogP contribution is -2.54. The second-order valence-corrected chi connectivity index (χ2v) is 8.08. The fraction of sp³-hybridized carbons (Fsp3) is 0.619. The first-order chi connectivity index (χ1) is 13.2. The van der Waals surface area contributed by atoms with Crippen LogP contribution in [-0.4, -0.2) is 40.0 Å². The van der Waals surface area contributed by atoms with Crippen LogP contribution in [0.3, 0.4) is 0 Å². The van der Waals surface area contributed by atoms with Crippen molar-refractivity contribution in [3.05, 3.63) is 41.1 Å². The van der Waals surface area contributed by atoms with E-state index in [2.05, 4.69) is 33.3 Å². The van der Waals surface area contributed by atoms with Crippen molar-refractivity contribution in [3.8, 4) is 5.75 Å². The first-order valence-electron chi connectivity index (χ1n) is 10.2. The molecule has 2 aromatic rings. The van der Waals surface area contributed by atoms with Crippen molar-refractivity contribution in [2.75, 3.05) is 13.1 Å². The van der Waals surface area contributed by atoms with E-state index in [1.54, 1.807) is 0 Å². The molecule has 1 saturated carbocycles. The maximum Gasteiger partial charge on any atom is 0.216 e. The number of hydrogen-bond donors (Lipinski definition) is 0. The Kier molecular flexibility index (Phi) is 4.40. The highest BCUT2D eigenvalue weighted by atomic mass is 16.7. The number of aryl methyl sites for hydroxylation is 3. The zero-order valence-corrected chi connectivity index (χ0v) is 15.9. The molecule has 3 aliphatic rings. The van der Waals surface area contributed by atoms with Crippen LogP contribution in [0, 0.1) is 6.92 Å². The summed E-state index contributed by atoms with van der Waals surface area (Å²) in [6, 6.07) is 7.25. The standard InChI is InChI=1S/C21H27N3O3/c1-15-22-23-20(26-15)8-6-16-5-7-19-17(13-16)14-25-21(27-19)9-11-24(12-10-21)18-3-2-4-18/h5,7,13,18H,2-4,6,8-12,14H2,1H3. The molecule has 0 unspecified atom stereocenters. The Balaban J connectivity index is 1.21. The van der Waals surface area contributed by atoms with Gasteiger partial charge >= 0.3 is 0 Å². The molecular weight excluding hydrogens is 342 g/mol. The summed E-state index contributed by atoms with van der Waals surface area (Å²) < 4.78 is 18.1.